The standard InChI is InChI=1S/C15H21NO4S/c1-15(2,3)10-11-16-21(19,20)13-7-4-12(5-8-13)6-9-14(17)18/h4-9,16H,10-11H2,1-3H3,(H,17,18)/b9-6+. The summed E-state index contributed by atoms with van der Waals surface area (Å²) in [4.78, 5) is 10.6. The molecule has 0 aromatic heterocycles. The minimum atomic E-state index is -3.52. The Morgan fingerprint density at radius 2 is 1.81 bits per heavy atom. The summed E-state index contributed by atoms with van der Waals surface area (Å²) >= 11 is 0. The first-order valence-corrected chi connectivity index (χ1v) is 8.09. The van der Waals surface area contributed by atoms with E-state index in [1.165, 1.54) is 18.2 Å². The maximum atomic E-state index is 12.1. The molecule has 1 aromatic carbocycles. The number of rotatable bonds is 6. The molecule has 5 nitrogen and oxygen atoms in total. The average molecular weight is 311 g/mol. The Morgan fingerprint density at radius 3 is 2.29 bits per heavy atom. The molecular weight excluding hydrogens is 290 g/mol. The first-order valence-electron chi connectivity index (χ1n) is 6.61. The quantitative estimate of drug-likeness (QED) is 0.791. The zero-order valence-electron chi connectivity index (χ0n) is 12.5. The molecule has 0 atom stereocenters. The topological polar surface area (TPSA) is 83.5 Å². The number of carboxylic acids is 1. The van der Waals surface area contributed by atoms with E-state index < -0.39 is 16.0 Å². The second-order valence-electron chi connectivity index (χ2n) is 5.95. The molecule has 0 aliphatic rings. The van der Waals surface area contributed by atoms with Crippen molar-refractivity contribution in [3.8, 4) is 0 Å². The maximum Gasteiger partial charge on any atom is 0.328 e. The lowest BCUT2D eigenvalue weighted by atomic mass is 9.93. The molecule has 0 aliphatic carbocycles. The average Bonchev–Trinajstić information content (AvgIpc) is 2.35. The van der Waals surface area contributed by atoms with Crippen molar-refractivity contribution in [3.05, 3.63) is 35.9 Å². The molecule has 0 spiro atoms. The summed E-state index contributed by atoms with van der Waals surface area (Å²) in [5.41, 5.74) is 0.694. The Balaban J connectivity index is 2.74. The van der Waals surface area contributed by atoms with E-state index in [-0.39, 0.29) is 10.3 Å². The van der Waals surface area contributed by atoms with E-state index in [0.717, 1.165) is 12.5 Å². The third-order valence-electron chi connectivity index (χ3n) is 2.78. The normalized spacial score (nSPS) is 12.7. The summed E-state index contributed by atoms with van der Waals surface area (Å²) < 4.78 is 26.7. The van der Waals surface area contributed by atoms with Gasteiger partial charge in [-0.15, -0.1) is 0 Å². The molecule has 0 amide bonds. The summed E-state index contributed by atoms with van der Waals surface area (Å²) in [6.45, 7) is 6.52. The zero-order chi connectivity index (χ0) is 16.1. The summed E-state index contributed by atoms with van der Waals surface area (Å²) in [5, 5.41) is 8.53. The van der Waals surface area contributed by atoms with Gasteiger partial charge < -0.3 is 5.11 Å². The number of hydrogen-bond donors (Lipinski definition) is 2. The minimum Gasteiger partial charge on any atom is -0.478 e. The van der Waals surface area contributed by atoms with Gasteiger partial charge in [0.15, 0.2) is 0 Å². The van der Waals surface area contributed by atoms with E-state index in [2.05, 4.69) is 4.72 Å². The molecule has 1 rings (SSSR count). The summed E-state index contributed by atoms with van der Waals surface area (Å²) in [7, 11) is -3.52. The van der Waals surface area contributed by atoms with Crippen LogP contribution in [0.25, 0.3) is 6.08 Å². The molecular formula is C15H21NO4S. The Morgan fingerprint density at radius 1 is 1.24 bits per heavy atom. The van der Waals surface area contributed by atoms with Crippen LogP contribution in [0.15, 0.2) is 35.2 Å². The lowest BCUT2D eigenvalue weighted by Crippen LogP contribution is -2.27. The monoisotopic (exact) mass is 311 g/mol. The van der Waals surface area contributed by atoms with Gasteiger partial charge in [0, 0.05) is 12.6 Å². The molecule has 0 saturated carbocycles. The van der Waals surface area contributed by atoms with Crippen LogP contribution < -0.4 is 4.72 Å². The van der Waals surface area contributed by atoms with Crippen LogP contribution in [0.5, 0.6) is 0 Å². The highest BCUT2D eigenvalue weighted by Gasteiger charge is 2.15. The van der Waals surface area contributed by atoms with E-state index in [4.69, 9.17) is 5.11 Å². The van der Waals surface area contributed by atoms with E-state index >= 15 is 0 Å². The van der Waals surface area contributed by atoms with Crippen molar-refractivity contribution in [1.82, 2.24) is 4.72 Å². The predicted octanol–water partition coefficient (Wildman–Crippen LogP) is 2.50. The second-order valence-corrected chi connectivity index (χ2v) is 7.72. The molecule has 0 aliphatic heterocycles. The summed E-state index contributed by atoms with van der Waals surface area (Å²) in [5.74, 6) is -1.05. The minimum absolute atomic E-state index is 0.0635. The van der Waals surface area contributed by atoms with Crippen LogP contribution in [0.3, 0.4) is 0 Å². The van der Waals surface area contributed by atoms with Gasteiger partial charge >= 0.3 is 5.97 Å². The number of benzene rings is 1. The molecule has 0 unspecified atom stereocenters. The Kier molecular flexibility index (Phi) is 5.69. The highest BCUT2D eigenvalue weighted by Crippen LogP contribution is 2.18. The van der Waals surface area contributed by atoms with E-state index in [9.17, 15) is 13.2 Å². The fourth-order valence-electron chi connectivity index (χ4n) is 1.57. The van der Waals surface area contributed by atoms with Crippen molar-refractivity contribution in [2.75, 3.05) is 6.54 Å². The highest BCUT2D eigenvalue weighted by atomic mass is 32.2. The zero-order valence-corrected chi connectivity index (χ0v) is 13.3. The number of hydrogen-bond acceptors (Lipinski definition) is 3. The van der Waals surface area contributed by atoms with Crippen LogP contribution in [0.4, 0.5) is 0 Å². The number of carboxylic acid groups (broad SMARTS) is 1. The number of nitrogens with one attached hydrogen (secondary N) is 1. The molecule has 0 bridgehead atoms. The van der Waals surface area contributed by atoms with Crippen LogP contribution in [-0.2, 0) is 14.8 Å². The molecule has 0 radical (unpaired) electrons. The van der Waals surface area contributed by atoms with Gasteiger partial charge in [0.25, 0.3) is 0 Å². The van der Waals surface area contributed by atoms with Crippen molar-refractivity contribution in [1.29, 1.82) is 0 Å². The number of aliphatic carboxylic acids is 1. The van der Waals surface area contributed by atoms with E-state index in [0.29, 0.717) is 12.1 Å². The van der Waals surface area contributed by atoms with Crippen LogP contribution in [0, 0.1) is 5.41 Å². The smallest absolute Gasteiger partial charge is 0.328 e. The van der Waals surface area contributed by atoms with Crippen LogP contribution in [-0.4, -0.2) is 26.0 Å². The third kappa shape index (κ3) is 6.55. The molecule has 2 N–H and O–H groups in total. The maximum absolute atomic E-state index is 12.1. The van der Waals surface area contributed by atoms with Gasteiger partial charge in [-0.3, -0.25) is 0 Å². The van der Waals surface area contributed by atoms with Crippen molar-refractivity contribution < 1.29 is 18.3 Å². The van der Waals surface area contributed by atoms with E-state index in [1.807, 2.05) is 20.8 Å². The Labute approximate surface area is 125 Å². The predicted molar refractivity (Wildman–Crippen MR) is 82.4 cm³/mol. The Bertz CT molecular complexity index is 610. The van der Waals surface area contributed by atoms with Crippen molar-refractivity contribution >= 4 is 22.1 Å². The molecule has 6 heteroatoms. The van der Waals surface area contributed by atoms with Crippen molar-refractivity contribution in [2.45, 2.75) is 32.1 Å². The molecule has 0 saturated heterocycles. The number of sulfonamides is 1. The fraction of sp³-hybridized carbons (Fsp3) is 0.400. The molecule has 0 heterocycles. The van der Waals surface area contributed by atoms with Gasteiger partial charge in [-0.2, -0.15) is 0 Å². The van der Waals surface area contributed by atoms with Crippen LogP contribution in [0.2, 0.25) is 0 Å². The second kappa shape index (κ2) is 6.87. The van der Waals surface area contributed by atoms with Crippen LogP contribution >= 0.6 is 0 Å². The molecule has 21 heavy (non-hydrogen) atoms. The number of carbonyl (C=O) groups is 1. The molecule has 116 valence electrons. The van der Waals surface area contributed by atoms with Crippen LogP contribution in [0.1, 0.15) is 32.8 Å². The Hall–Kier alpha value is -1.66. The largest absolute Gasteiger partial charge is 0.478 e. The highest BCUT2D eigenvalue weighted by molar-refractivity contribution is 7.89. The van der Waals surface area contributed by atoms with E-state index in [1.54, 1.807) is 12.1 Å². The van der Waals surface area contributed by atoms with Gasteiger partial charge in [-0.05, 0) is 35.6 Å². The van der Waals surface area contributed by atoms with Gasteiger partial charge in [0.05, 0.1) is 4.90 Å². The molecule has 0 fully saturated rings. The fourth-order valence-corrected chi connectivity index (χ4v) is 2.60. The lowest BCUT2D eigenvalue weighted by molar-refractivity contribution is -0.131. The van der Waals surface area contributed by atoms with Gasteiger partial charge in [-0.1, -0.05) is 32.9 Å². The van der Waals surface area contributed by atoms with Crippen molar-refractivity contribution in [3.63, 3.8) is 0 Å². The first-order chi connectivity index (χ1) is 9.60. The lowest BCUT2D eigenvalue weighted by Gasteiger charge is -2.18. The van der Waals surface area contributed by atoms with Gasteiger partial charge in [0.1, 0.15) is 0 Å². The van der Waals surface area contributed by atoms with Gasteiger partial charge in [0.2, 0.25) is 10.0 Å². The molecule has 1 aromatic rings. The van der Waals surface area contributed by atoms with Gasteiger partial charge in [-0.25, -0.2) is 17.9 Å². The SMILES string of the molecule is CC(C)(C)CCNS(=O)(=O)c1ccc(/C=C/C(=O)O)cc1. The first kappa shape index (κ1) is 17.4. The summed E-state index contributed by atoms with van der Waals surface area (Å²) in [6, 6.07) is 6.05. The third-order valence-corrected chi connectivity index (χ3v) is 4.25. The summed E-state index contributed by atoms with van der Waals surface area (Å²) in [6.07, 6.45) is 3.16. The van der Waals surface area contributed by atoms with Crippen molar-refractivity contribution in [2.24, 2.45) is 5.41 Å².